The molecular formula is C51H32N4S2. The van der Waals surface area contributed by atoms with E-state index in [2.05, 4.69) is 180 Å². The van der Waals surface area contributed by atoms with Gasteiger partial charge in [0.05, 0.1) is 11.0 Å². The van der Waals surface area contributed by atoms with Crippen LogP contribution in [-0.4, -0.2) is 16.2 Å². The van der Waals surface area contributed by atoms with Crippen LogP contribution < -0.4 is 5.32 Å². The molecular weight excluding hydrogens is 733 g/mol. The number of amidine groups is 2. The summed E-state index contributed by atoms with van der Waals surface area (Å²) in [6.45, 7) is 0. The Morgan fingerprint density at radius 1 is 0.456 bits per heavy atom. The highest BCUT2D eigenvalue weighted by molar-refractivity contribution is 7.26. The summed E-state index contributed by atoms with van der Waals surface area (Å²) in [5, 5.41) is 11.2. The van der Waals surface area contributed by atoms with Gasteiger partial charge in [-0.15, -0.1) is 22.7 Å². The Hall–Kier alpha value is -6.86. The minimum absolute atomic E-state index is 0.245. The number of para-hydroxylation sites is 2. The van der Waals surface area contributed by atoms with Crippen molar-refractivity contribution in [3.8, 4) is 16.8 Å². The lowest BCUT2D eigenvalue weighted by Gasteiger charge is -2.23. The number of rotatable bonds is 5. The first-order chi connectivity index (χ1) is 28.2. The Kier molecular flexibility index (Phi) is 7.30. The lowest BCUT2D eigenvalue weighted by atomic mass is 10.0. The van der Waals surface area contributed by atoms with E-state index >= 15 is 0 Å². The Morgan fingerprint density at radius 2 is 1.09 bits per heavy atom. The second kappa shape index (κ2) is 12.8. The van der Waals surface area contributed by atoms with Crippen molar-refractivity contribution in [3.63, 3.8) is 0 Å². The zero-order valence-electron chi connectivity index (χ0n) is 30.6. The first-order valence-corrected chi connectivity index (χ1v) is 20.8. The van der Waals surface area contributed by atoms with E-state index in [9.17, 15) is 0 Å². The number of aromatic nitrogens is 1. The maximum absolute atomic E-state index is 5.22. The first-order valence-electron chi connectivity index (χ1n) is 19.2. The smallest absolute Gasteiger partial charge is 0.160 e. The predicted octanol–water partition coefficient (Wildman–Crippen LogP) is 13.7. The second-order valence-electron chi connectivity index (χ2n) is 14.6. The summed E-state index contributed by atoms with van der Waals surface area (Å²) < 4.78 is 7.47. The van der Waals surface area contributed by atoms with E-state index in [0.717, 1.165) is 28.4 Å². The summed E-state index contributed by atoms with van der Waals surface area (Å²) >= 11 is 3.71. The monoisotopic (exact) mass is 764 g/mol. The highest BCUT2D eigenvalue weighted by atomic mass is 32.1. The zero-order chi connectivity index (χ0) is 37.5. The number of fused-ring (bicyclic) bond motifs is 9. The third kappa shape index (κ3) is 5.18. The summed E-state index contributed by atoms with van der Waals surface area (Å²) in [5.74, 6) is 1.57. The topological polar surface area (TPSA) is 41.7 Å². The Labute approximate surface area is 336 Å². The molecule has 0 fully saturated rings. The van der Waals surface area contributed by atoms with Crippen molar-refractivity contribution in [2.75, 3.05) is 0 Å². The van der Waals surface area contributed by atoms with E-state index in [0.29, 0.717) is 0 Å². The van der Waals surface area contributed by atoms with Gasteiger partial charge in [-0.2, -0.15) is 0 Å². The highest BCUT2D eigenvalue weighted by Gasteiger charge is 2.23. The first kappa shape index (κ1) is 32.4. The molecule has 11 aromatic rings. The van der Waals surface area contributed by atoms with Crippen LogP contribution in [0.1, 0.15) is 22.9 Å². The Bertz CT molecular complexity index is 3390. The van der Waals surface area contributed by atoms with Crippen molar-refractivity contribution in [2.45, 2.75) is 6.17 Å². The summed E-state index contributed by atoms with van der Waals surface area (Å²) in [4.78, 5) is 10.4. The summed E-state index contributed by atoms with van der Waals surface area (Å²) in [6.07, 6.45) is -0.245. The predicted molar refractivity (Wildman–Crippen MR) is 244 cm³/mol. The third-order valence-electron chi connectivity index (χ3n) is 11.3. The molecule has 6 heteroatoms. The maximum Gasteiger partial charge on any atom is 0.160 e. The summed E-state index contributed by atoms with van der Waals surface area (Å²) in [5.41, 5.74) is 9.31. The molecule has 0 aliphatic carbocycles. The van der Waals surface area contributed by atoms with Crippen LogP contribution in [0.3, 0.4) is 0 Å². The average molecular weight is 765 g/mol. The van der Waals surface area contributed by atoms with Gasteiger partial charge in [-0.25, -0.2) is 9.98 Å². The Morgan fingerprint density at radius 3 is 1.86 bits per heavy atom. The van der Waals surface area contributed by atoms with Crippen LogP contribution in [0, 0.1) is 0 Å². The van der Waals surface area contributed by atoms with E-state index < -0.39 is 0 Å². The molecule has 12 rings (SSSR count). The van der Waals surface area contributed by atoms with Gasteiger partial charge in [-0.1, -0.05) is 140 Å². The van der Waals surface area contributed by atoms with Crippen LogP contribution in [-0.2, 0) is 0 Å². The fourth-order valence-electron chi connectivity index (χ4n) is 8.61. The molecule has 0 spiro atoms. The van der Waals surface area contributed by atoms with Crippen LogP contribution in [0.2, 0.25) is 0 Å². The number of thiophene rings is 2. The van der Waals surface area contributed by atoms with Crippen molar-refractivity contribution < 1.29 is 0 Å². The molecule has 0 saturated carbocycles. The fraction of sp³-hybridized carbons (Fsp3) is 0.0196. The van der Waals surface area contributed by atoms with Gasteiger partial charge in [0, 0.05) is 67.9 Å². The standard InChI is InChI=1S/C51H32N4S2/c1-3-13-31(14-4-1)49-52-50(32-15-5-2-6-16-32)54-51(53-49)41-22-12-20-39-38-27-25-33(29-46(38)57-48(39)41)35-19-11-21-40-42-30-34(26-28-45(42)56-47(35)40)55-43-23-9-7-17-36(43)37-18-8-10-24-44(37)55/h1-30,49H,(H,52,53,54). The second-order valence-corrected chi connectivity index (χ2v) is 16.7. The molecule has 0 amide bonds. The molecule has 1 aliphatic rings. The highest BCUT2D eigenvalue weighted by Crippen LogP contribution is 2.44. The van der Waals surface area contributed by atoms with Crippen LogP contribution in [0.5, 0.6) is 0 Å². The molecule has 0 bridgehead atoms. The van der Waals surface area contributed by atoms with Crippen molar-refractivity contribution >= 4 is 96.5 Å². The zero-order valence-corrected chi connectivity index (χ0v) is 32.2. The van der Waals surface area contributed by atoms with Crippen LogP contribution in [0.15, 0.2) is 192 Å². The van der Waals surface area contributed by atoms with Gasteiger partial charge in [-0.05, 0) is 59.2 Å². The van der Waals surface area contributed by atoms with Gasteiger partial charge in [0.2, 0.25) is 0 Å². The third-order valence-corrected chi connectivity index (χ3v) is 13.7. The van der Waals surface area contributed by atoms with E-state index in [1.54, 1.807) is 0 Å². The van der Waals surface area contributed by atoms with Gasteiger partial charge in [0.15, 0.2) is 5.84 Å². The fourth-order valence-corrected chi connectivity index (χ4v) is 11.1. The number of aliphatic imine (C=N–C) groups is 2. The number of benzene rings is 8. The van der Waals surface area contributed by atoms with Crippen molar-refractivity contribution in [3.05, 3.63) is 199 Å². The van der Waals surface area contributed by atoms with E-state index in [4.69, 9.17) is 9.98 Å². The number of hydrogen-bond donors (Lipinski definition) is 1. The number of hydrogen-bond acceptors (Lipinski definition) is 5. The van der Waals surface area contributed by atoms with Gasteiger partial charge in [0.25, 0.3) is 0 Å². The van der Waals surface area contributed by atoms with Gasteiger partial charge >= 0.3 is 0 Å². The van der Waals surface area contributed by atoms with E-state index in [-0.39, 0.29) is 6.17 Å². The molecule has 1 N–H and O–H groups in total. The van der Waals surface area contributed by atoms with Gasteiger partial charge in [-0.3, -0.25) is 0 Å². The lowest BCUT2D eigenvalue weighted by Crippen LogP contribution is -2.33. The molecule has 3 aromatic heterocycles. The molecule has 1 atom stereocenters. The molecule has 268 valence electrons. The number of nitrogens with zero attached hydrogens (tertiary/aromatic N) is 3. The molecule has 0 radical (unpaired) electrons. The molecule has 8 aromatic carbocycles. The summed E-state index contributed by atoms with van der Waals surface area (Å²) in [7, 11) is 0. The minimum Gasteiger partial charge on any atom is -0.344 e. The molecule has 57 heavy (non-hydrogen) atoms. The summed E-state index contributed by atoms with van der Waals surface area (Å²) in [6, 6.07) is 65.4. The van der Waals surface area contributed by atoms with Crippen LogP contribution in [0.25, 0.3) is 79.0 Å². The van der Waals surface area contributed by atoms with Gasteiger partial charge in [0.1, 0.15) is 12.0 Å². The lowest BCUT2D eigenvalue weighted by molar-refractivity contribution is 0.674. The van der Waals surface area contributed by atoms with Crippen molar-refractivity contribution in [1.82, 2.24) is 9.88 Å². The molecule has 4 nitrogen and oxygen atoms in total. The van der Waals surface area contributed by atoms with Crippen molar-refractivity contribution in [2.24, 2.45) is 9.98 Å². The molecule has 4 heterocycles. The molecule has 1 aliphatic heterocycles. The quantitative estimate of drug-likeness (QED) is 0.186. The molecule has 0 saturated heterocycles. The Balaban J connectivity index is 0.977. The SMILES string of the molecule is c1ccc(C2=NC(c3cccc4c3sc3cc(-c5cccc6c5sc5ccc(-n7c8ccccc8c8ccccc87)cc56)ccc34)=NC(c3ccccc3)N2)cc1. The van der Waals surface area contributed by atoms with Crippen molar-refractivity contribution in [1.29, 1.82) is 0 Å². The minimum atomic E-state index is -0.245. The van der Waals surface area contributed by atoms with Gasteiger partial charge < -0.3 is 9.88 Å². The maximum atomic E-state index is 5.22. The average Bonchev–Trinajstić information content (AvgIpc) is 3.96. The van der Waals surface area contributed by atoms with Crippen LogP contribution in [0.4, 0.5) is 0 Å². The van der Waals surface area contributed by atoms with E-state index in [1.807, 2.05) is 34.8 Å². The normalized spacial score (nSPS) is 14.5. The molecule has 1 unspecified atom stereocenters. The largest absolute Gasteiger partial charge is 0.344 e. The number of nitrogens with one attached hydrogen (secondary N) is 1. The van der Waals surface area contributed by atoms with Crippen LogP contribution >= 0.6 is 22.7 Å². The van der Waals surface area contributed by atoms with E-state index in [1.165, 1.54) is 79.0 Å².